The second kappa shape index (κ2) is 6.70. The molecule has 0 spiro atoms. The minimum atomic E-state index is -0.0449. The van der Waals surface area contributed by atoms with E-state index in [1.165, 1.54) is 11.1 Å². The Morgan fingerprint density at radius 3 is 2.75 bits per heavy atom. The van der Waals surface area contributed by atoms with Crippen molar-refractivity contribution >= 4 is 11.6 Å². The van der Waals surface area contributed by atoms with E-state index in [1.54, 1.807) is 6.20 Å². The number of anilines is 1. The van der Waals surface area contributed by atoms with Crippen LogP contribution in [0.4, 0.5) is 5.69 Å². The number of nitrogens with zero attached hydrogens (tertiary/aromatic N) is 1. The summed E-state index contributed by atoms with van der Waals surface area (Å²) in [5.74, 6) is -0.0449. The summed E-state index contributed by atoms with van der Waals surface area (Å²) >= 11 is 0. The van der Waals surface area contributed by atoms with E-state index in [9.17, 15) is 4.79 Å². The van der Waals surface area contributed by atoms with E-state index in [1.807, 2.05) is 37.3 Å². The highest BCUT2D eigenvalue weighted by Gasteiger charge is 2.04. The molecule has 0 fully saturated rings. The number of hydrogen-bond acceptors (Lipinski definition) is 3. The van der Waals surface area contributed by atoms with Gasteiger partial charge in [0.2, 0.25) is 5.91 Å². The van der Waals surface area contributed by atoms with Gasteiger partial charge in [-0.15, -0.1) is 0 Å². The van der Waals surface area contributed by atoms with Crippen LogP contribution in [0.15, 0.2) is 42.6 Å². The minimum Gasteiger partial charge on any atom is -0.376 e. The molecule has 4 heteroatoms. The number of carbonyl (C=O) groups excluding carboxylic acids is 1. The molecule has 0 saturated carbocycles. The van der Waals surface area contributed by atoms with Crippen LogP contribution in [-0.4, -0.2) is 17.4 Å². The number of benzene rings is 1. The Balaban J connectivity index is 1.82. The van der Waals surface area contributed by atoms with E-state index >= 15 is 0 Å². The zero-order valence-corrected chi connectivity index (χ0v) is 11.8. The molecule has 20 heavy (non-hydrogen) atoms. The number of carbonyl (C=O) groups is 1. The second-order valence-electron chi connectivity index (χ2n) is 4.70. The lowest BCUT2D eigenvalue weighted by atomic mass is 10.1. The molecule has 4 nitrogen and oxygen atoms in total. The number of rotatable bonds is 5. The van der Waals surface area contributed by atoms with Crippen LogP contribution in [0, 0.1) is 13.8 Å². The third-order valence-corrected chi connectivity index (χ3v) is 3.24. The third kappa shape index (κ3) is 3.82. The molecule has 0 saturated heterocycles. The van der Waals surface area contributed by atoms with Gasteiger partial charge >= 0.3 is 0 Å². The van der Waals surface area contributed by atoms with Crippen molar-refractivity contribution in [1.29, 1.82) is 0 Å². The molecule has 1 amide bonds. The van der Waals surface area contributed by atoms with Gasteiger partial charge in [-0.25, -0.2) is 0 Å². The van der Waals surface area contributed by atoms with Gasteiger partial charge in [0.1, 0.15) is 0 Å². The summed E-state index contributed by atoms with van der Waals surface area (Å²) in [6, 6.07) is 11.7. The lowest BCUT2D eigenvalue weighted by Gasteiger charge is -2.11. The Hall–Kier alpha value is -2.36. The fourth-order valence-corrected chi connectivity index (χ4v) is 1.87. The highest BCUT2D eigenvalue weighted by atomic mass is 16.1. The first-order chi connectivity index (χ1) is 9.66. The quantitative estimate of drug-likeness (QED) is 0.876. The van der Waals surface area contributed by atoms with Crippen LogP contribution in [0.5, 0.6) is 0 Å². The summed E-state index contributed by atoms with van der Waals surface area (Å²) in [6.45, 7) is 4.82. The van der Waals surface area contributed by atoms with E-state index in [4.69, 9.17) is 0 Å². The van der Waals surface area contributed by atoms with E-state index in [2.05, 4.69) is 28.6 Å². The maximum atomic E-state index is 11.8. The SMILES string of the molecule is Cc1cccc(NCC(=O)NCc2ccccn2)c1C. The molecule has 0 unspecified atom stereocenters. The first kappa shape index (κ1) is 14.1. The van der Waals surface area contributed by atoms with Crippen LogP contribution in [0.3, 0.4) is 0 Å². The standard InChI is InChI=1S/C16H19N3O/c1-12-6-5-8-15(13(12)2)18-11-16(20)19-10-14-7-3-4-9-17-14/h3-9,18H,10-11H2,1-2H3,(H,19,20). The molecule has 0 atom stereocenters. The van der Waals surface area contributed by atoms with Crippen molar-refractivity contribution in [2.24, 2.45) is 0 Å². The van der Waals surface area contributed by atoms with Gasteiger partial charge in [-0.05, 0) is 43.2 Å². The highest BCUT2D eigenvalue weighted by molar-refractivity contribution is 5.80. The van der Waals surface area contributed by atoms with Crippen LogP contribution >= 0.6 is 0 Å². The molecular formula is C16H19N3O. The summed E-state index contributed by atoms with van der Waals surface area (Å²) in [4.78, 5) is 15.9. The van der Waals surface area contributed by atoms with Gasteiger partial charge < -0.3 is 10.6 Å². The van der Waals surface area contributed by atoms with Crippen LogP contribution in [-0.2, 0) is 11.3 Å². The molecule has 2 N–H and O–H groups in total. The van der Waals surface area contributed by atoms with Gasteiger partial charge in [0.25, 0.3) is 0 Å². The molecule has 104 valence electrons. The van der Waals surface area contributed by atoms with Gasteiger partial charge in [0.15, 0.2) is 0 Å². The van der Waals surface area contributed by atoms with Crippen molar-refractivity contribution in [3.63, 3.8) is 0 Å². The topological polar surface area (TPSA) is 54.0 Å². The Labute approximate surface area is 119 Å². The Kier molecular flexibility index (Phi) is 4.71. The van der Waals surface area contributed by atoms with E-state index in [0.717, 1.165) is 11.4 Å². The van der Waals surface area contributed by atoms with Gasteiger partial charge in [-0.1, -0.05) is 18.2 Å². The normalized spacial score (nSPS) is 10.1. The molecule has 0 aliphatic carbocycles. The monoisotopic (exact) mass is 269 g/mol. The molecule has 0 aliphatic rings. The van der Waals surface area contributed by atoms with Gasteiger partial charge in [0, 0.05) is 11.9 Å². The molecular weight excluding hydrogens is 250 g/mol. The van der Waals surface area contributed by atoms with Crippen molar-refractivity contribution in [2.45, 2.75) is 20.4 Å². The summed E-state index contributed by atoms with van der Waals surface area (Å²) < 4.78 is 0. The number of aryl methyl sites for hydroxylation is 1. The minimum absolute atomic E-state index is 0.0449. The number of hydrogen-bond donors (Lipinski definition) is 2. The highest BCUT2D eigenvalue weighted by Crippen LogP contribution is 2.17. The summed E-state index contributed by atoms with van der Waals surface area (Å²) in [5, 5.41) is 6.00. The smallest absolute Gasteiger partial charge is 0.239 e. The molecule has 1 aromatic carbocycles. The van der Waals surface area contributed by atoms with Crippen LogP contribution in [0.25, 0.3) is 0 Å². The van der Waals surface area contributed by atoms with Gasteiger partial charge in [-0.2, -0.15) is 0 Å². The maximum absolute atomic E-state index is 11.8. The zero-order valence-electron chi connectivity index (χ0n) is 11.8. The van der Waals surface area contributed by atoms with Gasteiger partial charge in [0.05, 0.1) is 18.8 Å². The largest absolute Gasteiger partial charge is 0.376 e. The lowest BCUT2D eigenvalue weighted by molar-refractivity contribution is -0.119. The number of amides is 1. The molecule has 2 rings (SSSR count). The Bertz CT molecular complexity index is 582. The van der Waals surface area contributed by atoms with Crippen molar-refractivity contribution in [3.05, 3.63) is 59.4 Å². The second-order valence-corrected chi connectivity index (χ2v) is 4.70. The van der Waals surface area contributed by atoms with E-state index in [-0.39, 0.29) is 12.5 Å². The van der Waals surface area contributed by atoms with E-state index in [0.29, 0.717) is 6.54 Å². The zero-order chi connectivity index (χ0) is 14.4. The maximum Gasteiger partial charge on any atom is 0.239 e. The van der Waals surface area contributed by atoms with Crippen molar-refractivity contribution in [2.75, 3.05) is 11.9 Å². The Morgan fingerprint density at radius 1 is 1.15 bits per heavy atom. The predicted octanol–water partition coefficient (Wildman–Crippen LogP) is 2.43. The van der Waals surface area contributed by atoms with Crippen molar-refractivity contribution in [3.8, 4) is 0 Å². The number of nitrogens with one attached hydrogen (secondary N) is 2. The first-order valence-corrected chi connectivity index (χ1v) is 6.63. The van der Waals surface area contributed by atoms with Crippen LogP contribution in [0.2, 0.25) is 0 Å². The summed E-state index contributed by atoms with van der Waals surface area (Å²) in [5.41, 5.74) is 4.24. The third-order valence-electron chi connectivity index (χ3n) is 3.24. The predicted molar refractivity (Wildman–Crippen MR) is 80.5 cm³/mol. The van der Waals surface area contributed by atoms with E-state index < -0.39 is 0 Å². The molecule has 0 radical (unpaired) electrons. The molecule has 1 heterocycles. The van der Waals surface area contributed by atoms with Crippen LogP contribution < -0.4 is 10.6 Å². The molecule has 1 aromatic heterocycles. The summed E-state index contributed by atoms with van der Waals surface area (Å²) in [7, 11) is 0. The van der Waals surface area contributed by atoms with Crippen LogP contribution in [0.1, 0.15) is 16.8 Å². The average Bonchev–Trinajstić information content (AvgIpc) is 2.48. The first-order valence-electron chi connectivity index (χ1n) is 6.63. The fourth-order valence-electron chi connectivity index (χ4n) is 1.87. The van der Waals surface area contributed by atoms with Crippen molar-refractivity contribution in [1.82, 2.24) is 10.3 Å². The number of aromatic nitrogens is 1. The lowest BCUT2D eigenvalue weighted by Crippen LogP contribution is -2.29. The molecule has 0 aliphatic heterocycles. The van der Waals surface area contributed by atoms with Crippen molar-refractivity contribution < 1.29 is 4.79 Å². The number of pyridine rings is 1. The molecule has 2 aromatic rings. The van der Waals surface area contributed by atoms with Gasteiger partial charge in [-0.3, -0.25) is 9.78 Å². The molecule has 0 bridgehead atoms. The summed E-state index contributed by atoms with van der Waals surface area (Å²) in [6.07, 6.45) is 1.72. The fraction of sp³-hybridized carbons (Fsp3) is 0.250. The average molecular weight is 269 g/mol. The Morgan fingerprint density at radius 2 is 2.00 bits per heavy atom.